The third-order valence-electron chi connectivity index (χ3n) is 2.45. The van der Waals surface area contributed by atoms with Crippen molar-refractivity contribution in [3.63, 3.8) is 0 Å². The van der Waals surface area contributed by atoms with Gasteiger partial charge in [-0.15, -0.1) is 0 Å². The number of carbonyl (C=O) groups excluding carboxylic acids is 2. The van der Waals surface area contributed by atoms with Crippen LogP contribution in [0.5, 0.6) is 0 Å². The lowest BCUT2D eigenvalue weighted by Crippen LogP contribution is -2.26. The van der Waals surface area contributed by atoms with Gasteiger partial charge in [0, 0.05) is 19.2 Å². The van der Waals surface area contributed by atoms with Crippen LogP contribution in [0.2, 0.25) is 0 Å². The Kier molecular flexibility index (Phi) is 5.95. The summed E-state index contributed by atoms with van der Waals surface area (Å²) in [6, 6.07) is 3.87. The van der Waals surface area contributed by atoms with Gasteiger partial charge in [0.15, 0.2) is 0 Å². The molecule has 1 aromatic rings. The molecule has 104 valence electrons. The molecule has 0 bridgehead atoms. The second-order valence-electron chi connectivity index (χ2n) is 4.13. The van der Waals surface area contributed by atoms with Crippen molar-refractivity contribution < 1.29 is 14.0 Å². The lowest BCUT2D eigenvalue weighted by atomic mass is 10.1. The Morgan fingerprint density at radius 1 is 1.32 bits per heavy atom. The smallest absolute Gasteiger partial charge is 0.254 e. The van der Waals surface area contributed by atoms with E-state index in [0.29, 0.717) is 18.8 Å². The Balaban J connectivity index is 2.69. The monoisotopic (exact) mass is 267 g/mol. The summed E-state index contributed by atoms with van der Waals surface area (Å²) in [5, 5.41) is 5.11. The molecule has 0 radical (unpaired) electrons. The highest BCUT2D eigenvalue weighted by atomic mass is 19.1. The van der Waals surface area contributed by atoms with Crippen LogP contribution < -0.4 is 16.4 Å². The number of benzene rings is 1. The van der Waals surface area contributed by atoms with Crippen LogP contribution in [0.3, 0.4) is 0 Å². The van der Waals surface area contributed by atoms with Gasteiger partial charge in [-0.1, -0.05) is 0 Å². The van der Waals surface area contributed by atoms with Crippen molar-refractivity contribution in [2.24, 2.45) is 5.73 Å². The van der Waals surface area contributed by atoms with Gasteiger partial charge >= 0.3 is 0 Å². The number of amides is 2. The van der Waals surface area contributed by atoms with Gasteiger partial charge in [0.25, 0.3) is 5.91 Å². The highest BCUT2D eigenvalue weighted by Crippen LogP contribution is 2.14. The van der Waals surface area contributed by atoms with E-state index in [1.54, 1.807) is 0 Å². The van der Waals surface area contributed by atoms with Crippen LogP contribution in [0.1, 0.15) is 30.1 Å². The summed E-state index contributed by atoms with van der Waals surface area (Å²) in [7, 11) is 0. The molecule has 0 saturated heterocycles. The average Bonchev–Trinajstić information content (AvgIpc) is 2.36. The number of hydrogen-bond acceptors (Lipinski definition) is 3. The van der Waals surface area contributed by atoms with Crippen LogP contribution in [-0.4, -0.2) is 24.9 Å². The fourth-order valence-corrected chi connectivity index (χ4v) is 1.55. The van der Waals surface area contributed by atoms with Gasteiger partial charge in [0.2, 0.25) is 5.91 Å². The van der Waals surface area contributed by atoms with Crippen LogP contribution >= 0.6 is 0 Å². The quantitative estimate of drug-likeness (QED) is 0.678. The molecule has 0 fully saturated rings. The number of nitrogens with two attached hydrogens (primary N) is 1. The second-order valence-corrected chi connectivity index (χ2v) is 4.13. The van der Waals surface area contributed by atoms with E-state index in [2.05, 4.69) is 10.6 Å². The van der Waals surface area contributed by atoms with Gasteiger partial charge in [-0.25, -0.2) is 4.39 Å². The molecular formula is C13H18FN3O2. The van der Waals surface area contributed by atoms with Gasteiger partial charge < -0.3 is 16.4 Å². The van der Waals surface area contributed by atoms with Crippen LogP contribution in [0.25, 0.3) is 0 Å². The van der Waals surface area contributed by atoms with Crippen LogP contribution in [0.15, 0.2) is 18.2 Å². The predicted octanol–water partition coefficient (Wildman–Crippen LogP) is 1.25. The molecule has 2 amide bonds. The predicted molar refractivity (Wildman–Crippen MR) is 71.3 cm³/mol. The van der Waals surface area contributed by atoms with Crippen molar-refractivity contribution >= 4 is 17.5 Å². The molecule has 1 aromatic carbocycles. The Hall–Kier alpha value is -1.95. The lowest BCUT2D eigenvalue weighted by Gasteiger charge is -2.08. The number of anilines is 1. The highest BCUT2D eigenvalue weighted by molar-refractivity contribution is 5.97. The maximum atomic E-state index is 13.5. The Bertz CT molecular complexity index is 463. The first kappa shape index (κ1) is 15.1. The van der Waals surface area contributed by atoms with Crippen LogP contribution in [0, 0.1) is 5.82 Å². The summed E-state index contributed by atoms with van der Waals surface area (Å²) in [6.45, 7) is 2.35. The van der Waals surface area contributed by atoms with Crippen LogP contribution in [-0.2, 0) is 4.79 Å². The molecule has 0 unspecified atom stereocenters. The van der Waals surface area contributed by atoms with Gasteiger partial charge in [-0.05, 0) is 37.6 Å². The van der Waals surface area contributed by atoms with E-state index < -0.39 is 11.7 Å². The lowest BCUT2D eigenvalue weighted by molar-refractivity contribution is -0.114. The number of rotatable bonds is 6. The van der Waals surface area contributed by atoms with E-state index in [9.17, 15) is 14.0 Å². The maximum absolute atomic E-state index is 13.5. The Morgan fingerprint density at radius 2 is 2.05 bits per heavy atom. The number of nitrogens with one attached hydrogen (secondary N) is 2. The zero-order valence-corrected chi connectivity index (χ0v) is 10.8. The fourth-order valence-electron chi connectivity index (χ4n) is 1.55. The third-order valence-corrected chi connectivity index (χ3v) is 2.45. The second kappa shape index (κ2) is 7.48. The van der Waals surface area contributed by atoms with Crippen molar-refractivity contribution in [1.29, 1.82) is 0 Å². The molecule has 0 aromatic heterocycles. The van der Waals surface area contributed by atoms with Crippen molar-refractivity contribution in [3.05, 3.63) is 29.6 Å². The summed E-state index contributed by atoms with van der Waals surface area (Å²) in [5.41, 5.74) is 5.64. The largest absolute Gasteiger partial charge is 0.352 e. The van der Waals surface area contributed by atoms with Crippen molar-refractivity contribution in [2.75, 3.05) is 18.4 Å². The normalized spacial score (nSPS) is 10.1. The summed E-state index contributed by atoms with van der Waals surface area (Å²) < 4.78 is 13.5. The molecule has 1 rings (SSSR count). The van der Waals surface area contributed by atoms with Crippen molar-refractivity contribution in [1.82, 2.24) is 5.32 Å². The Labute approximate surface area is 111 Å². The molecule has 0 heterocycles. The summed E-state index contributed by atoms with van der Waals surface area (Å²) >= 11 is 0. The molecule has 0 saturated carbocycles. The maximum Gasteiger partial charge on any atom is 0.254 e. The van der Waals surface area contributed by atoms with Gasteiger partial charge in [-0.2, -0.15) is 0 Å². The standard InChI is InChI=1S/C13H18FN3O2/c1-9(18)17-10-4-5-12(14)11(8-10)13(19)16-7-3-2-6-15/h4-5,8H,2-3,6-7,15H2,1H3,(H,16,19)(H,17,18). The van der Waals surface area contributed by atoms with Gasteiger partial charge in [0.1, 0.15) is 5.82 Å². The third kappa shape index (κ3) is 5.05. The topological polar surface area (TPSA) is 84.2 Å². The van der Waals surface area contributed by atoms with E-state index in [0.717, 1.165) is 18.9 Å². The van der Waals surface area contributed by atoms with E-state index >= 15 is 0 Å². The van der Waals surface area contributed by atoms with Crippen LogP contribution in [0.4, 0.5) is 10.1 Å². The Morgan fingerprint density at radius 3 is 2.68 bits per heavy atom. The zero-order chi connectivity index (χ0) is 14.3. The molecular weight excluding hydrogens is 249 g/mol. The highest BCUT2D eigenvalue weighted by Gasteiger charge is 2.12. The van der Waals surface area contributed by atoms with Gasteiger partial charge in [0.05, 0.1) is 5.56 Å². The van der Waals surface area contributed by atoms with Crippen molar-refractivity contribution in [2.45, 2.75) is 19.8 Å². The molecule has 0 aliphatic rings. The molecule has 0 aliphatic heterocycles. The molecule has 19 heavy (non-hydrogen) atoms. The molecule has 4 N–H and O–H groups in total. The number of hydrogen-bond donors (Lipinski definition) is 3. The first-order valence-electron chi connectivity index (χ1n) is 6.10. The number of halogens is 1. The molecule has 0 atom stereocenters. The molecule has 5 nitrogen and oxygen atoms in total. The average molecular weight is 267 g/mol. The first-order chi connectivity index (χ1) is 9.04. The van der Waals surface area contributed by atoms with E-state index in [1.807, 2.05) is 0 Å². The summed E-state index contributed by atoms with van der Waals surface area (Å²) in [4.78, 5) is 22.7. The summed E-state index contributed by atoms with van der Waals surface area (Å²) in [6.07, 6.45) is 1.55. The number of carbonyl (C=O) groups is 2. The minimum absolute atomic E-state index is 0.0843. The minimum atomic E-state index is -0.620. The van der Waals surface area contributed by atoms with Gasteiger partial charge in [-0.3, -0.25) is 9.59 Å². The fraction of sp³-hybridized carbons (Fsp3) is 0.385. The van der Waals surface area contributed by atoms with E-state index in [1.165, 1.54) is 19.1 Å². The minimum Gasteiger partial charge on any atom is -0.352 e. The van der Waals surface area contributed by atoms with E-state index in [-0.39, 0.29) is 11.5 Å². The molecule has 0 aliphatic carbocycles. The molecule has 6 heteroatoms. The number of unbranched alkanes of at least 4 members (excludes halogenated alkanes) is 1. The first-order valence-corrected chi connectivity index (χ1v) is 6.10. The zero-order valence-electron chi connectivity index (χ0n) is 10.8. The SMILES string of the molecule is CC(=O)Nc1ccc(F)c(C(=O)NCCCCN)c1. The molecule has 0 spiro atoms. The van der Waals surface area contributed by atoms with Crippen molar-refractivity contribution in [3.8, 4) is 0 Å². The van der Waals surface area contributed by atoms with E-state index in [4.69, 9.17) is 5.73 Å². The summed E-state index contributed by atoms with van der Waals surface area (Å²) in [5.74, 6) is -1.40.